The van der Waals surface area contributed by atoms with Gasteiger partial charge in [-0.2, -0.15) is 0 Å². The molecule has 0 aliphatic heterocycles. The number of nitrogens with one attached hydrogen (secondary N) is 1. The van der Waals surface area contributed by atoms with Gasteiger partial charge in [0.2, 0.25) is 0 Å². The van der Waals surface area contributed by atoms with Gasteiger partial charge in [-0.1, -0.05) is 17.0 Å². The first-order chi connectivity index (χ1) is 9.22. The molecule has 0 saturated carbocycles. The average Bonchev–Trinajstić information content (AvgIpc) is 2.46. The van der Waals surface area contributed by atoms with E-state index in [0.717, 1.165) is 0 Å². The van der Waals surface area contributed by atoms with Crippen LogP contribution in [0.2, 0.25) is 0 Å². The lowest BCUT2D eigenvalue weighted by atomic mass is 10.1. The van der Waals surface area contributed by atoms with Crippen molar-refractivity contribution in [2.45, 2.75) is 6.42 Å². The second-order valence-corrected chi connectivity index (χ2v) is 3.39. The largest absolute Gasteiger partial charge is 0.497 e. The number of rotatable bonds is 4. The zero-order valence-corrected chi connectivity index (χ0v) is 10.4. The number of hydrazine groups is 1. The quantitative estimate of drug-likeness (QED) is 0.124. The summed E-state index contributed by atoms with van der Waals surface area (Å²) in [5, 5.41) is 3.36. The minimum absolute atomic E-state index is 0.290. The molecule has 1 aromatic rings. The number of nitrogen functional groups attached to an aromatic ring is 1. The number of nitrogens with two attached hydrogens (primary N) is 1. The lowest BCUT2D eigenvalue weighted by Gasteiger charge is -2.05. The van der Waals surface area contributed by atoms with Crippen molar-refractivity contribution in [1.29, 1.82) is 0 Å². The van der Waals surface area contributed by atoms with Gasteiger partial charge in [0.25, 0.3) is 5.91 Å². The van der Waals surface area contributed by atoms with Crippen molar-refractivity contribution < 1.29 is 9.53 Å². The Morgan fingerprint density at radius 1 is 1.63 bits per heavy atom. The van der Waals surface area contributed by atoms with E-state index in [1.165, 1.54) is 7.11 Å². The van der Waals surface area contributed by atoms with E-state index in [1.54, 1.807) is 18.2 Å². The predicted octanol–water partition coefficient (Wildman–Crippen LogP) is 1.35. The van der Waals surface area contributed by atoms with Crippen molar-refractivity contribution in [2.24, 2.45) is 11.0 Å². The third kappa shape index (κ3) is 4.24. The van der Waals surface area contributed by atoms with Gasteiger partial charge in [-0.3, -0.25) is 10.2 Å². The topological polar surface area (TPSA) is 113 Å². The molecule has 0 bridgehead atoms. The molecule has 98 valence electrons. The van der Waals surface area contributed by atoms with Crippen LogP contribution in [0.3, 0.4) is 0 Å². The summed E-state index contributed by atoms with van der Waals surface area (Å²) in [7, 11) is 1.50. The molecule has 0 fully saturated rings. The number of methoxy groups -OCH3 is 1. The molecular weight excluding hydrogens is 246 g/mol. The standard InChI is InChI=1S/C12H13N5O2/c1-19-10-6-5-9(4-2-3-7-15-17-14)11(8-10)12(18)16-13/h5-6,8H,3,7,13H2,1H3,(H,16,18). The highest BCUT2D eigenvalue weighted by molar-refractivity contribution is 5.96. The average molecular weight is 259 g/mol. The number of amides is 1. The number of hydrogen-bond acceptors (Lipinski definition) is 4. The Balaban J connectivity index is 2.98. The fraction of sp³-hybridized carbons (Fsp3) is 0.250. The van der Waals surface area contributed by atoms with Crippen LogP contribution in [-0.4, -0.2) is 19.6 Å². The first-order valence-corrected chi connectivity index (χ1v) is 5.41. The number of nitrogens with zero attached hydrogens (tertiary/aromatic N) is 3. The summed E-state index contributed by atoms with van der Waals surface area (Å²) < 4.78 is 5.04. The molecule has 0 saturated heterocycles. The van der Waals surface area contributed by atoms with Crippen molar-refractivity contribution in [3.63, 3.8) is 0 Å². The molecule has 0 aliphatic rings. The zero-order chi connectivity index (χ0) is 14.1. The molecule has 1 rings (SSSR count). The maximum absolute atomic E-state index is 11.6. The minimum atomic E-state index is -0.446. The normalized spacial score (nSPS) is 8.74. The summed E-state index contributed by atoms with van der Waals surface area (Å²) in [6.07, 6.45) is 0.416. The van der Waals surface area contributed by atoms with Crippen LogP contribution in [0, 0.1) is 11.8 Å². The van der Waals surface area contributed by atoms with E-state index in [9.17, 15) is 4.79 Å². The smallest absolute Gasteiger partial charge is 0.266 e. The maximum Gasteiger partial charge on any atom is 0.266 e. The van der Waals surface area contributed by atoms with Crippen molar-refractivity contribution in [3.05, 3.63) is 39.8 Å². The summed E-state index contributed by atoms with van der Waals surface area (Å²) in [5.41, 5.74) is 11.0. The van der Waals surface area contributed by atoms with Crippen LogP contribution in [0.5, 0.6) is 5.75 Å². The van der Waals surface area contributed by atoms with Crippen molar-refractivity contribution in [3.8, 4) is 17.6 Å². The molecule has 3 N–H and O–H groups in total. The second kappa shape index (κ2) is 7.61. The molecule has 0 spiro atoms. The predicted molar refractivity (Wildman–Crippen MR) is 70.2 cm³/mol. The zero-order valence-electron chi connectivity index (χ0n) is 10.4. The summed E-state index contributed by atoms with van der Waals surface area (Å²) in [5.74, 6) is 10.9. The molecule has 0 unspecified atom stereocenters. The van der Waals surface area contributed by atoms with Crippen LogP contribution in [0.15, 0.2) is 23.3 Å². The monoisotopic (exact) mass is 259 g/mol. The fourth-order valence-corrected chi connectivity index (χ4v) is 1.33. The molecule has 7 heteroatoms. The van der Waals surface area contributed by atoms with Crippen LogP contribution in [0.4, 0.5) is 0 Å². The van der Waals surface area contributed by atoms with Gasteiger partial charge in [0.1, 0.15) is 5.75 Å². The Morgan fingerprint density at radius 3 is 3.05 bits per heavy atom. The van der Waals surface area contributed by atoms with Gasteiger partial charge in [-0.05, 0) is 23.7 Å². The molecule has 0 aromatic heterocycles. The first kappa shape index (κ1) is 14.4. The third-order valence-electron chi connectivity index (χ3n) is 2.23. The minimum Gasteiger partial charge on any atom is -0.497 e. The molecule has 1 aromatic carbocycles. The van der Waals surface area contributed by atoms with E-state index in [2.05, 4.69) is 27.3 Å². The molecular formula is C12H13N5O2. The molecule has 19 heavy (non-hydrogen) atoms. The highest BCUT2D eigenvalue weighted by Gasteiger charge is 2.10. The number of azide groups is 1. The van der Waals surface area contributed by atoms with Gasteiger partial charge >= 0.3 is 0 Å². The number of ether oxygens (including phenoxy) is 1. The van der Waals surface area contributed by atoms with Gasteiger partial charge in [0.15, 0.2) is 0 Å². The molecule has 0 radical (unpaired) electrons. The number of benzene rings is 1. The first-order valence-electron chi connectivity index (χ1n) is 5.41. The lowest BCUT2D eigenvalue weighted by Crippen LogP contribution is -2.30. The van der Waals surface area contributed by atoms with E-state index in [4.69, 9.17) is 16.1 Å². The lowest BCUT2D eigenvalue weighted by molar-refractivity contribution is 0.0953. The van der Waals surface area contributed by atoms with Gasteiger partial charge in [-0.25, -0.2) is 5.84 Å². The molecule has 1 amide bonds. The van der Waals surface area contributed by atoms with E-state index in [-0.39, 0.29) is 6.54 Å². The Labute approximate surface area is 110 Å². The van der Waals surface area contributed by atoms with Crippen molar-refractivity contribution in [2.75, 3.05) is 13.7 Å². The van der Waals surface area contributed by atoms with Crippen molar-refractivity contribution >= 4 is 5.91 Å². The molecule has 0 aliphatic carbocycles. The maximum atomic E-state index is 11.6. The molecule has 7 nitrogen and oxygen atoms in total. The second-order valence-electron chi connectivity index (χ2n) is 3.39. The molecule has 0 heterocycles. The summed E-state index contributed by atoms with van der Waals surface area (Å²) in [4.78, 5) is 14.2. The summed E-state index contributed by atoms with van der Waals surface area (Å²) in [6, 6.07) is 4.92. The molecule has 0 atom stereocenters. The van der Waals surface area contributed by atoms with Gasteiger partial charge < -0.3 is 4.74 Å². The Bertz CT molecular complexity index is 567. The van der Waals surface area contributed by atoms with Crippen LogP contribution < -0.4 is 16.0 Å². The number of hydrogen-bond donors (Lipinski definition) is 2. The highest BCUT2D eigenvalue weighted by atomic mass is 16.5. The van der Waals surface area contributed by atoms with Crippen molar-refractivity contribution in [1.82, 2.24) is 5.43 Å². The van der Waals surface area contributed by atoms with Crippen LogP contribution >= 0.6 is 0 Å². The van der Waals surface area contributed by atoms with Gasteiger partial charge in [0, 0.05) is 23.4 Å². The summed E-state index contributed by atoms with van der Waals surface area (Å²) >= 11 is 0. The summed E-state index contributed by atoms with van der Waals surface area (Å²) in [6.45, 7) is 0.290. The van der Waals surface area contributed by atoms with E-state index >= 15 is 0 Å². The Morgan fingerprint density at radius 2 is 2.42 bits per heavy atom. The van der Waals surface area contributed by atoms with Gasteiger partial charge in [-0.15, -0.1) is 0 Å². The SMILES string of the molecule is COc1ccc(C#CCCN=[N+]=[N-])c(C(=O)NN)c1. The third-order valence-corrected chi connectivity index (χ3v) is 2.23. The fourth-order valence-electron chi connectivity index (χ4n) is 1.33. The van der Waals surface area contributed by atoms with E-state index < -0.39 is 5.91 Å². The van der Waals surface area contributed by atoms with Crippen LogP contribution in [0.1, 0.15) is 22.3 Å². The van der Waals surface area contributed by atoms with E-state index in [1.807, 2.05) is 0 Å². The number of carbonyl (C=O) groups is 1. The number of carbonyl (C=O) groups excluding carboxylic acids is 1. The Kier molecular flexibility index (Phi) is 5.76. The highest BCUT2D eigenvalue weighted by Crippen LogP contribution is 2.17. The van der Waals surface area contributed by atoms with Crippen LogP contribution in [0.25, 0.3) is 10.4 Å². The van der Waals surface area contributed by atoms with Gasteiger partial charge in [0.05, 0.1) is 12.7 Å². The van der Waals surface area contributed by atoms with Crippen LogP contribution in [-0.2, 0) is 0 Å². The van der Waals surface area contributed by atoms with E-state index in [0.29, 0.717) is 23.3 Å². The Hall–Kier alpha value is -2.68.